The van der Waals surface area contributed by atoms with Crippen LogP contribution < -0.4 is 10.1 Å². The summed E-state index contributed by atoms with van der Waals surface area (Å²) in [4.78, 5) is 7.95. The molecule has 0 saturated carbocycles. The topological polar surface area (TPSA) is 47.0 Å². The second-order valence-electron chi connectivity index (χ2n) is 5.70. The van der Waals surface area contributed by atoms with Crippen molar-refractivity contribution in [1.29, 1.82) is 0 Å². The minimum Gasteiger partial charge on any atom is -0.456 e. The zero-order valence-corrected chi connectivity index (χ0v) is 14.6. The van der Waals surface area contributed by atoms with Gasteiger partial charge in [-0.25, -0.2) is 13.8 Å². The van der Waals surface area contributed by atoms with Gasteiger partial charge < -0.3 is 10.1 Å². The first-order valence-electron chi connectivity index (χ1n) is 8.24. The highest BCUT2D eigenvalue weighted by Crippen LogP contribution is 2.23. The van der Waals surface area contributed by atoms with Gasteiger partial charge in [-0.05, 0) is 24.6 Å². The average molecular weight is 365 g/mol. The number of rotatable bonds is 6. The Labute approximate surface area is 155 Å². The largest absolute Gasteiger partial charge is 0.456 e. The molecule has 4 nitrogen and oxygen atoms in total. The molecule has 0 bridgehead atoms. The zero-order valence-electron chi connectivity index (χ0n) is 14.6. The van der Waals surface area contributed by atoms with Gasteiger partial charge in [0.1, 0.15) is 11.9 Å². The van der Waals surface area contributed by atoms with Crippen LogP contribution in [0.25, 0.3) is 5.70 Å². The Morgan fingerprint density at radius 1 is 1.11 bits per heavy atom. The van der Waals surface area contributed by atoms with E-state index < -0.39 is 11.9 Å². The third-order valence-electron chi connectivity index (χ3n) is 3.83. The van der Waals surface area contributed by atoms with Crippen LogP contribution in [0.15, 0.2) is 73.1 Å². The summed E-state index contributed by atoms with van der Waals surface area (Å²) in [5.41, 5.74) is 4.75. The molecule has 1 aromatic heterocycles. The lowest BCUT2D eigenvalue weighted by Gasteiger charge is -2.15. The van der Waals surface area contributed by atoms with Gasteiger partial charge in [-0.2, -0.15) is 4.98 Å². The summed E-state index contributed by atoms with van der Waals surface area (Å²) in [6.07, 6.45) is 0.584. The van der Waals surface area contributed by atoms with Crippen LogP contribution in [0.3, 0.4) is 0 Å². The maximum Gasteiger partial charge on any atom is 0.319 e. The van der Waals surface area contributed by atoms with E-state index in [0.717, 1.165) is 17.3 Å². The Bertz CT molecular complexity index is 968. The molecule has 0 fully saturated rings. The minimum atomic E-state index is -0.638. The predicted molar refractivity (Wildman–Crippen MR) is 100 cm³/mol. The van der Waals surface area contributed by atoms with E-state index in [4.69, 9.17) is 4.74 Å². The highest BCUT2D eigenvalue weighted by molar-refractivity contribution is 5.74. The summed E-state index contributed by atoms with van der Waals surface area (Å²) in [5.74, 6) is -1.03. The Morgan fingerprint density at radius 3 is 2.48 bits per heavy atom. The first kappa shape index (κ1) is 18.3. The normalized spacial score (nSPS) is 11.4. The van der Waals surface area contributed by atoms with Gasteiger partial charge in [0.2, 0.25) is 0 Å². The fraction of sp³-hybridized carbons (Fsp3) is 0.0952. The van der Waals surface area contributed by atoms with Crippen molar-refractivity contribution in [2.45, 2.75) is 13.0 Å². The van der Waals surface area contributed by atoms with Crippen molar-refractivity contribution in [3.63, 3.8) is 0 Å². The van der Waals surface area contributed by atoms with E-state index in [1.807, 2.05) is 30.3 Å². The van der Waals surface area contributed by atoms with Crippen molar-refractivity contribution >= 4 is 11.5 Å². The van der Waals surface area contributed by atoms with Crippen LogP contribution in [0, 0.1) is 11.6 Å². The molecule has 0 aliphatic heterocycles. The summed E-state index contributed by atoms with van der Waals surface area (Å²) in [5, 5.41) is 2.86. The fourth-order valence-electron chi connectivity index (χ4n) is 2.40. The van der Waals surface area contributed by atoms with Crippen molar-refractivity contribution < 1.29 is 13.5 Å². The smallest absolute Gasteiger partial charge is 0.319 e. The van der Waals surface area contributed by atoms with Gasteiger partial charge in [-0.1, -0.05) is 49.0 Å². The van der Waals surface area contributed by atoms with Crippen LogP contribution in [-0.4, -0.2) is 9.97 Å². The van der Waals surface area contributed by atoms with Crippen LogP contribution in [-0.2, 0) is 0 Å². The first-order valence-corrected chi connectivity index (χ1v) is 8.24. The molecule has 136 valence electrons. The molecule has 0 amide bonds. The number of halogens is 2. The van der Waals surface area contributed by atoms with Gasteiger partial charge in [0, 0.05) is 5.56 Å². The second-order valence-corrected chi connectivity index (χ2v) is 5.70. The molecule has 0 radical (unpaired) electrons. The predicted octanol–water partition coefficient (Wildman–Crippen LogP) is 5.13. The van der Waals surface area contributed by atoms with Gasteiger partial charge in [0.25, 0.3) is 0 Å². The summed E-state index contributed by atoms with van der Waals surface area (Å²) < 4.78 is 32.8. The van der Waals surface area contributed by atoms with E-state index in [0.29, 0.717) is 5.70 Å². The van der Waals surface area contributed by atoms with Crippen LogP contribution in [0.1, 0.15) is 24.2 Å². The molecule has 0 aliphatic carbocycles. The van der Waals surface area contributed by atoms with Gasteiger partial charge in [-0.15, -0.1) is 5.73 Å². The van der Waals surface area contributed by atoms with Crippen molar-refractivity contribution in [1.82, 2.24) is 9.97 Å². The number of anilines is 1. The number of aromatic nitrogens is 2. The fourth-order valence-corrected chi connectivity index (χ4v) is 2.40. The number of hydrogen-bond donors (Lipinski definition) is 1. The lowest BCUT2D eigenvalue weighted by atomic mass is 10.1. The highest BCUT2D eigenvalue weighted by Gasteiger charge is 2.14. The van der Waals surface area contributed by atoms with Gasteiger partial charge >= 0.3 is 6.01 Å². The van der Waals surface area contributed by atoms with Crippen LogP contribution >= 0.6 is 0 Å². The Morgan fingerprint density at radius 2 is 1.81 bits per heavy atom. The molecule has 2 aromatic carbocycles. The summed E-state index contributed by atoms with van der Waals surface area (Å²) in [7, 11) is 0. The molecular weight excluding hydrogens is 348 g/mol. The lowest BCUT2D eigenvalue weighted by Crippen LogP contribution is -2.09. The minimum absolute atomic E-state index is 0.00722. The molecule has 0 aliphatic rings. The van der Waals surface area contributed by atoms with E-state index >= 15 is 0 Å². The lowest BCUT2D eigenvalue weighted by molar-refractivity contribution is 0.207. The summed E-state index contributed by atoms with van der Waals surface area (Å²) in [6.45, 7) is 5.40. The molecule has 1 N–H and O–H groups in total. The van der Waals surface area contributed by atoms with Crippen molar-refractivity contribution in [2.75, 3.05) is 5.32 Å². The van der Waals surface area contributed by atoms with Crippen molar-refractivity contribution in [2.24, 2.45) is 0 Å². The van der Waals surface area contributed by atoms with Crippen LogP contribution in [0.5, 0.6) is 6.01 Å². The molecule has 6 heteroatoms. The first-order chi connectivity index (χ1) is 13.1. The SMILES string of the molecule is C=C=C(Nc1nc(OC(C)c2ccc(F)cc2)ncc1F)c1ccccc1. The molecule has 27 heavy (non-hydrogen) atoms. The molecule has 1 atom stereocenters. The average Bonchev–Trinajstić information content (AvgIpc) is 2.69. The number of hydrogen-bond acceptors (Lipinski definition) is 4. The quantitative estimate of drug-likeness (QED) is 0.615. The highest BCUT2D eigenvalue weighted by atomic mass is 19.1. The van der Waals surface area contributed by atoms with Crippen LogP contribution in [0.2, 0.25) is 0 Å². The Balaban J connectivity index is 1.80. The Hall–Kier alpha value is -3.50. The maximum absolute atomic E-state index is 14.1. The van der Waals surface area contributed by atoms with E-state index in [-0.39, 0.29) is 17.6 Å². The Kier molecular flexibility index (Phi) is 5.59. The monoisotopic (exact) mass is 365 g/mol. The summed E-state index contributed by atoms with van der Waals surface area (Å²) in [6, 6.07) is 15.1. The molecular formula is C21H17F2N3O. The summed E-state index contributed by atoms with van der Waals surface area (Å²) >= 11 is 0. The van der Waals surface area contributed by atoms with E-state index in [9.17, 15) is 8.78 Å². The standard InChI is InChI=1S/C21H17F2N3O/c1-3-19(16-7-5-4-6-8-16)25-20-18(23)13-24-21(26-20)27-14(2)15-9-11-17(22)12-10-15/h4-14H,1H2,2H3,(H,24,25,26). The second kappa shape index (κ2) is 8.25. The van der Waals surface area contributed by atoms with E-state index in [1.165, 1.54) is 12.1 Å². The number of nitrogens with one attached hydrogen (secondary N) is 1. The number of nitrogens with zero attached hydrogens (tertiary/aromatic N) is 2. The van der Waals surface area contributed by atoms with Gasteiger partial charge in [0.15, 0.2) is 11.6 Å². The molecule has 1 unspecified atom stereocenters. The molecule has 3 rings (SSSR count). The number of ether oxygens (including phenoxy) is 1. The molecule has 3 aromatic rings. The van der Waals surface area contributed by atoms with Gasteiger partial charge in [0.05, 0.1) is 11.9 Å². The van der Waals surface area contributed by atoms with Crippen molar-refractivity contribution in [3.05, 3.63) is 95.9 Å². The van der Waals surface area contributed by atoms with E-state index in [2.05, 4.69) is 27.6 Å². The van der Waals surface area contributed by atoms with Crippen LogP contribution in [0.4, 0.5) is 14.6 Å². The zero-order chi connectivity index (χ0) is 19.2. The number of benzene rings is 2. The molecule has 0 saturated heterocycles. The van der Waals surface area contributed by atoms with Crippen molar-refractivity contribution in [3.8, 4) is 6.01 Å². The van der Waals surface area contributed by atoms with E-state index in [1.54, 1.807) is 19.1 Å². The third-order valence-corrected chi connectivity index (χ3v) is 3.83. The molecule has 1 heterocycles. The molecule has 0 spiro atoms. The van der Waals surface area contributed by atoms with Gasteiger partial charge in [-0.3, -0.25) is 0 Å². The maximum atomic E-state index is 14.1. The third kappa shape index (κ3) is 4.57.